The molecule has 27 heavy (non-hydrogen) atoms. The zero-order valence-electron chi connectivity index (χ0n) is 14.2. The van der Waals surface area contributed by atoms with Gasteiger partial charge in [-0.2, -0.15) is 0 Å². The van der Waals surface area contributed by atoms with Crippen molar-refractivity contribution in [3.05, 3.63) is 68.2 Å². The summed E-state index contributed by atoms with van der Waals surface area (Å²) in [5.74, 6) is -1.83. The average molecular weight is 388 g/mol. The Bertz CT molecular complexity index is 989. The van der Waals surface area contributed by atoms with Crippen LogP contribution < -0.4 is 5.32 Å². The number of anilines is 1. The molecule has 1 aliphatic rings. The minimum Gasteiger partial charge on any atom is -0.326 e. The Morgan fingerprint density at radius 1 is 1.22 bits per heavy atom. The third-order valence-electron chi connectivity index (χ3n) is 4.19. The highest BCUT2D eigenvalue weighted by Gasteiger charge is 2.40. The molecule has 2 aromatic rings. The summed E-state index contributed by atoms with van der Waals surface area (Å²) in [6.07, 6.45) is -0.148. The highest BCUT2D eigenvalue weighted by Crippen LogP contribution is 2.30. The molecular formula is C18H14ClN3O5. The van der Waals surface area contributed by atoms with E-state index in [0.29, 0.717) is 10.7 Å². The molecule has 8 nitrogen and oxygen atoms in total. The standard InChI is InChI=1S/C18H14ClN3O5/c1-10-5-6-11(9-13(10)19)20-15(23)7-8-21-17(24)12-3-2-4-14(22(26)27)16(12)18(21)25/h2-6,9H,7-8H2,1H3,(H,20,23). The molecule has 0 saturated carbocycles. The second kappa shape index (κ2) is 7.16. The largest absolute Gasteiger partial charge is 0.326 e. The number of carbonyl (C=O) groups is 3. The van der Waals surface area contributed by atoms with Crippen molar-refractivity contribution < 1.29 is 19.3 Å². The van der Waals surface area contributed by atoms with E-state index in [1.165, 1.54) is 18.2 Å². The van der Waals surface area contributed by atoms with E-state index in [2.05, 4.69) is 5.32 Å². The van der Waals surface area contributed by atoms with Crippen molar-refractivity contribution >= 4 is 40.7 Å². The van der Waals surface area contributed by atoms with Gasteiger partial charge in [0.2, 0.25) is 5.91 Å². The molecule has 0 aromatic heterocycles. The van der Waals surface area contributed by atoms with Crippen LogP contribution in [0.5, 0.6) is 0 Å². The van der Waals surface area contributed by atoms with Crippen molar-refractivity contribution in [1.29, 1.82) is 0 Å². The minimum absolute atomic E-state index is 0.0278. The molecule has 2 aromatic carbocycles. The normalized spacial score (nSPS) is 12.9. The number of hydrogen-bond acceptors (Lipinski definition) is 5. The molecule has 1 heterocycles. The van der Waals surface area contributed by atoms with Gasteiger partial charge in [0, 0.05) is 29.7 Å². The van der Waals surface area contributed by atoms with Gasteiger partial charge < -0.3 is 5.32 Å². The highest BCUT2D eigenvalue weighted by atomic mass is 35.5. The van der Waals surface area contributed by atoms with E-state index < -0.39 is 28.3 Å². The Balaban J connectivity index is 1.70. The maximum absolute atomic E-state index is 12.4. The zero-order valence-corrected chi connectivity index (χ0v) is 14.9. The number of aryl methyl sites for hydroxylation is 1. The molecular weight excluding hydrogens is 374 g/mol. The van der Waals surface area contributed by atoms with Crippen molar-refractivity contribution in [2.45, 2.75) is 13.3 Å². The van der Waals surface area contributed by atoms with Crippen molar-refractivity contribution in [1.82, 2.24) is 4.90 Å². The number of nitro benzene ring substituents is 1. The molecule has 0 radical (unpaired) electrons. The molecule has 0 spiro atoms. The van der Waals surface area contributed by atoms with Crippen molar-refractivity contribution in [2.24, 2.45) is 0 Å². The lowest BCUT2D eigenvalue weighted by atomic mass is 10.1. The summed E-state index contributed by atoms with van der Waals surface area (Å²) < 4.78 is 0. The van der Waals surface area contributed by atoms with Gasteiger partial charge in [0.15, 0.2) is 0 Å². The number of benzene rings is 2. The summed E-state index contributed by atoms with van der Waals surface area (Å²) in [5, 5.41) is 14.2. The van der Waals surface area contributed by atoms with Gasteiger partial charge in [-0.1, -0.05) is 23.7 Å². The smallest absolute Gasteiger partial charge is 0.282 e. The van der Waals surface area contributed by atoms with E-state index in [-0.39, 0.29) is 24.1 Å². The first-order valence-electron chi connectivity index (χ1n) is 7.99. The number of nitro groups is 1. The zero-order chi connectivity index (χ0) is 19.7. The number of imide groups is 1. The van der Waals surface area contributed by atoms with Gasteiger partial charge in [-0.3, -0.25) is 29.4 Å². The average Bonchev–Trinajstić information content (AvgIpc) is 2.87. The monoisotopic (exact) mass is 387 g/mol. The van der Waals surface area contributed by atoms with E-state index in [1.807, 2.05) is 6.92 Å². The number of hydrogen-bond donors (Lipinski definition) is 1. The van der Waals surface area contributed by atoms with Crippen LogP contribution in [-0.4, -0.2) is 34.1 Å². The Morgan fingerprint density at radius 3 is 2.63 bits per heavy atom. The summed E-state index contributed by atoms with van der Waals surface area (Å²) in [6, 6.07) is 8.91. The topological polar surface area (TPSA) is 110 Å². The highest BCUT2D eigenvalue weighted by molar-refractivity contribution is 6.31. The van der Waals surface area contributed by atoms with Crippen LogP contribution in [0.4, 0.5) is 11.4 Å². The van der Waals surface area contributed by atoms with E-state index in [0.717, 1.165) is 10.5 Å². The molecule has 0 unspecified atom stereocenters. The first kappa shape index (κ1) is 18.5. The van der Waals surface area contributed by atoms with Gasteiger partial charge in [0.25, 0.3) is 17.5 Å². The molecule has 3 rings (SSSR count). The molecule has 9 heteroatoms. The van der Waals surface area contributed by atoms with Gasteiger partial charge in [0.1, 0.15) is 5.56 Å². The van der Waals surface area contributed by atoms with Crippen LogP contribution in [0, 0.1) is 17.0 Å². The number of amides is 3. The summed E-state index contributed by atoms with van der Waals surface area (Å²) in [4.78, 5) is 48.1. The van der Waals surface area contributed by atoms with E-state index >= 15 is 0 Å². The first-order chi connectivity index (χ1) is 12.8. The quantitative estimate of drug-likeness (QED) is 0.481. The molecule has 0 fully saturated rings. The number of fused-ring (bicyclic) bond motifs is 1. The minimum atomic E-state index is -0.770. The van der Waals surface area contributed by atoms with Crippen molar-refractivity contribution in [3.8, 4) is 0 Å². The predicted octanol–water partition coefficient (Wildman–Crippen LogP) is 3.18. The number of rotatable bonds is 5. The SMILES string of the molecule is Cc1ccc(NC(=O)CCN2C(=O)c3cccc([N+](=O)[O-])c3C2=O)cc1Cl. The molecule has 1 N–H and O–H groups in total. The molecule has 3 amide bonds. The third-order valence-corrected chi connectivity index (χ3v) is 4.60. The van der Waals surface area contributed by atoms with Crippen LogP contribution in [0.25, 0.3) is 0 Å². The summed E-state index contributed by atoms with van der Waals surface area (Å²) in [6.45, 7) is 1.64. The Morgan fingerprint density at radius 2 is 1.96 bits per heavy atom. The van der Waals surface area contributed by atoms with Gasteiger partial charge in [0.05, 0.1) is 10.5 Å². The van der Waals surface area contributed by atoms with Crippen LogP contribution >= 0.6 is 11.6 Å². The number of halogens is 1. The number of nitrogens with one attached hydrogen (secondary N) is 1. The fourth-order valence-corrected chi connectivity index (χ4v) is 2.96. The molecule has 1 aliphatic heterocycles. The third kappa shape index (κ3) is 3.52. The Labute approximate surface area is 158 Å². The fourth-order valence-electron chi connectivity index (χ4n) is 2.78. The van der Waals surface area contributed by atoms with E-state index in [4.69, 9.17) is 11.6 Å². The van der Waals surface area contributed by atoms with Crippen molar-refractivity contribution in [2.75, 3.05) is 11.9 Å². The summed E-state index contributed by atoms with van der Waals surface area (Å²) >= 11 is 6.00. The van der Waals surface area contributed by atoms with Crippen LogP contribution in [0.15, 0.2) is 36.4 Å². The molecule has 138 valence electrons. The Kier molecular flexibility index (Phi) is 4.91. The number of carbonyl (C=O) groups excluding carboxylic acids is 3. The second-order valence-electron chi connectivity index (χ2n) is 5.98. The lowest BCUT2D eigenvalue weighted by molar-refractivity contribution is -0.385. The van der Waals surface area contributed by atoms with Crippen LogP contribution in [0.1, 0.15) is 32.7 Å². The lowest BCUT2D eigenvalue weighted by Gasteiger charge is -2.13. The molecule has 0 saturated heterocycles. The fraction of sp³-hybridized carbons (Fsp3) is 0.167. The maximum Gasteiger partial charge on any atom is 0.282 e. The van der Waals surface area contributed by atoms with Gasteiger partial charge in [-0.15, -0.1) is 0 Å². The van der Waals surface area contributed by atoms with E-state index in [9.17, 15) is 24.5 Å². The molecule has 0 aliphatic carbocycles. The van der Waals surface area contributed by atoms with Gasteiger partial charge in [-0.25, -0.2) is 0 Å². The second-order valence-corrected chi connectivity index (χ2v) is 6.39. The lowest BCUT2D eigenvalue weighted by Crippen LogP contribution is -2.33. The van der Waals surface area contributed by atoms with Crippen LogP contribution in [-0.2, 0) is 4.79 Å². The summed E-state index contributed by atoms with van der Waals surface area (Å²) in [5.41, 5.74) is 0.668. The van der Waals surface area contributed by atoms with E-state index in [1.54, 1.807) is 18.2 Å². The van der Waals surface area contributed by atoms with Crippen LogP contribution in [0.3, 0.4) is 0 Å². The predicted molar refractivity (Wildman–Crippen MR) is 97.9 cm³/mol. The van der Waals surface area contributed by atoms with Gasteiger partial charge >= 0.3 is 0 Å². The molecule has 0 atom stereocenters. The Hall–Kier alpha value is -3.26. The molecule has 0 bridgehead atoms. The number of nitrogens with zero attached hydrogens (tertiary/aromatic N) is 2. The van der Waals surface area contributed by atoms with Gasteiger partial charge in [-0.05, 0) is 30.7 Å². The van der Waals surface area contributed by atoms with Crippen LogP contribution in [0.2, 0.25) is 5.02 Å². The maximum atomic E-state index is 12.4. The summed E-state index contributed by atoms with van der Waals surface area (Å²) in [7, 11) is 0. The van der Waals surface area contributed by atoms with Crippen molar-refractivity contribution in [3.63, 3.8) is 0 Å². The first-order valence-corrected chi connectivity index (χ1v) is 8.37.